The molecule has 3 rings (SSSR count). The fraction of sp³-hybridized carbons (Fsp3) is 0.625. The third-order valence-electron chi connectivity index (χ3n) is 4.60. The van der Waals surface area contributed by atoms with E-state index in [9.17, 15) is 14.4 Å². The van der Waals surface area contributed by atoms with Gasteiger partial charge in [0.15, 0.2) is 11.2 Å². The quantitative estimate of drug-likeness (QED) is 0.708. The van der Waals surface area contributed by atoms with Gasteiger partial charge in [0, 0.05) is 27.2 Å². The van der Waals surface area contributed by atoms with E-state index in [4.69, 9.17) is 10.5 Å². The number of carbonyl (C=O) groups excluding carboxylic acids is 1. The lowest BCUT2D eigenvalue weighted by atomic mass is 10.2. The van der Waals surface area contributed by atoms with Crippen molar-refractivity contribution in [3.63, 3.8) is 0 Å². The van der Waals surface area contributed by atoms with Gasteiger partial charge in [0.1, 0.15) is 12.4 Å². The zero-order valence-electron chi connectivity index (χ0n) is 15.4. The first-order chi connectivity index (χ1) is 12.2. The molecule has 0 saturated carbocycles. The lowest BCUT2D eigenvalue weighted by molar-refractivity contribution is -0.118. The predicted molar refractivity (Wildman–Crippen MR) is 94.7 cm³/mol. The van der Waals surface area contributed by atoms with Crippen LogP contribution in [0, 0.1) is 0 Å². The summed E-state index contributed by atoms with van der Waals surface area (Å²) in [5.41, 5.74) is 4.88. The molecule has 26 heavy (non-hydrogen) atoms. The zero-order chi connectivity index (χ0) is 19.2. The molecule has 0 radical (unpaired) electrons. The largest absolute Gasteiger partial charge is 0.373 e. The van der Waals surface area contributed by atoms with Crippen LogP contribution in [0.1, 0.15) is 19.7 Å². The maximum atomic E-state index is 12.6. The van der Waals surface area contributed by atoms with E-state index in [1.807, 2.05) is 13.8 Å². The van der Waals surface area contributed by atoms with Gasteiger partial charge >= 0.3 is 5.69 Å². The van der Waals surface area contributed by atoms with Gasteiger partial charge in [-0.15, -0.1) is 0 Å². The molecule has 3 heterocycles. The van der Waals surface area contributed by atoms with E-state index in [1.54, 1.807) is 7.05 Å². The number of rotatable bonds is 4. The number of hydrogen-bond acceptors (Lipinski definition) is 6. The molecule has 2 N–H and O–H groups in total. The van der Waals surface area contributed by atoms with Crippen LogP contribution in [0.15, 0.2) is 9.59 Å². The number of nitrogens with two attached hydrogens (primary N) is 1. The second-order valence-corrected chi connectivity index (χ2v) is 6.91. The summed E-state index contributed by atoms with van der Waals surface area (Å²) in [5, 5.41) is 0. The fourth-order valence-electron chi connectivity index (χ4n) is 3.55. The van der Waals surface area contributed by atoms with Gasteiger partial charge in [0.05, 0.1) is 18.8 Å². The van der Waals surface area contributed by atoms with Crippen LogP contribution in [0.5, 0.6) is 0 Å². The average Bonchev–Trinajstić information content (AvgIpc) is 2.88. The van der Waals surface area contributed by atoms with Gasteiger partial charge in [0.2, 0.25) is 5.91 Å². The highest BCUT2D eigenvalue weighted by Gasteiger charge is 2.26. The molecule has 0 bridgehead atoms. The lowest BCUT2D eigenvalue weighted by Crippen LogP contribution is -2.45. The number of primary amides is 1. The Bertz CT molecular complexity index is 962. The summed E-state index contributed by atoms with van der Waals surface area (Å²) in [6.45, 7) is 5.66. The molecule has 142 valence electrons. The van der Waals surface area contributed by atoms with E-state index in [-0.39, 0.29) is 29.9 Å². The van der Waals surface area contributed by atoms with Crippen molar-refractivity contribution in [2.75, 3.05) is 13.1 Å². The van der Waals surface area contributed by atoms with Crippen molar-refractivity contribution >= 4 is 17.1 Å². The molecular weight excluding hydrogens is 340 g/mol. The minimum Gasteiger partial charge on any atom is -0.373 e. The maximum Gasteiger partial charge on any atom is 0.332 e. The predicted octanol–water partition coefficient (Wildman–Crippen LogP) is -1.47. The molecule has 2 aromatic rings. The Hall–Kier alpha value is -2.46. The van der Waals surface area contributed by atoms with Gasteiger partial charge in [-0.2, -0.15) is 0 Å². The Morgan fingerprint density at radius 2 is 1.81 bits per heavy atom. The average molecular weight is 364 g/mol. The van der Waals surface area contributed by atoms with E-state index in [1.165, 1.54) is 16.2 Å². The zero-order valence-corrected chi connectivity index (χ0v) is 15.4. The standard InChI is InChI=1S/C16H24N6O4/c1-9-5-21(6-10(2)26-9)8-12-18-14-13(22(12)7-11(17)23)15(24)20(4)16(25)19(14)3/h9-10H,5-8H2,1-4H3,(H2,17,23)/t9-,10-/m0/s1. The topological polar surface area (TPSA) is 117 Å². The van der Waals surface area contributed by atoms with Gasteiger partial charge in [-0.3, -0.25) is 23.6 Å². The first-order valence-corrected chi connectivity index (χ1v) is 8.50. The highest BCUT2D eigenvalue weighted by atomic mass is 16.5. The van der Waals surface area contributed by atoms with E-state index in [0.29, 0.717) is 25.5 Å². The number of aryl methyl sites for hydroxylation is 1. The third kappa shape index (κ3) is 3.17. The van der Waals surface area contributed by atoms with Gasteiger partial charge in [-0.1, -0.05) is 0 Å². The van der Waals surface area contributed by atoms with Crippen LogP contribution in [-0.2, 0) is 36.7 Å². The summed E-state index contributed by atoms with van der Waals surface area (Å²) in [7, 11) is 2.95. The summed E-state index contributed by atoms with van der Waals surface area (Å²) in [6.07, 6.45) is 0.148. The van der Waals surface area contributed by atoms with Crippen molar-refractivity contribution in [3.8, 4) is 0 Å². The van der Waals surface area contributed by atoms with E-state index >= 15 is 0 Å². The Labute approximate surface area is 149 Å². The Morgan fingerprint density at radius 3 is 2.38 bits per heavy atom. The normalized spacial score (nSPS) is 21.4. The molecule has 10 heteroatoms. The Kier molecular flexibility index (Phi) is 4.72. The molecule has 1 amide bonds. The number of imidazole rings is 1. The molecule has 0 spiro atoms. The Balaban J connectivity index is 2.14. The van der Waals surface area contributed by atoms with Crippen LogP contribution in [0.4, 0.5) is 0 Å². The van der Waals surface area contributed by atoms with Crippen LogP contribution in [-0.4, -0.2) is 54.8 Å². The molecule has 1 fully saturated rings. The van der Waals surface area contributed by atoms with Gasteiger partial charge in [-0.05, 0) is 13.8 Å². The molecule has 1 aliphatic rings. The molecule has 1 saturated heterocycles. The number of ether oxygens (including phenoxy) is 1. The van der Waals surface area contributed by atoms with Gasteiger partial charge in [-0.25, -0.2) is 9.78 Å². The number of carbonyl (C=O) groups is 1. The SMILES string of the molecule is C[C@H]1CN(Cc2nc3c(c(=O)n(C)c(=O)n3C)n2CC(N)=O)C[C@H](C)O1. The molecule has 10 nitrogen and oxygen atoms in total. The first kappa shape index (κ1) is 18.3. The van der Waals surface area contributed by atoms with Crippen LogP contribution in [0.2, 0.25) is 0 Å². The number of fused-ring (bicyclic) bond motifs is 1. The molecule has 0 unspecified atom stereocenters. The number of amides is 1. The number of aromatic nitrogens is 4. The minimum atomic E-state index is -0.579. The molecule has 0 aromatic carbocycles. The molecule has 2 aromatic heterocycles. The van der Waals surface area contributed by atoms with Crippen molar-refractivity contribution in [1.82, 2.24) is 23.6 Å². The molecule has 2 atom stereocenters. The van der Waals surface area contributed by atoms with Crippen molar-refractivity contribution in [2.24, 2.45) is 19.8 Å². The van der Waals surface area contributed by atoms with Crippen LogP contribution >= 0.6 is 0 Å². The van der Waals surface area contributed by atoms with E-state index in [2.05, 4.69) is 9.88 Å². The van der Waals surface area contributed by atoms with Gasteiger partial charge < -0.3 is 15.0 Å². The van der Waals surface area contributed by atoms with Crippen molar-refractivity contribution in [3.05, 3.63) is 26.7 Å². The molecule has 1 aliphatic heterocycles. The fourth-order valence-corrected chi connectivity index (χ4v) is 3.55. The summed E-state index contributed by atoms with van der Waals surface area (Å²) in [6, 6.07) is 0. The number of morpholine rings is 1. The van der Waals surface area contributed by atoms with Gasteiger partial charge in [0.25, 0.3) is 5.56 Å². The van der Waals surface area contributed by atoms with Crippen LogP contribution in [0.3, 0.4) is 0 Å². The number of hydrogen-bond donors (Lipinski definition) is 1. The second kappa shape index (κ2) is 6.69. The summed E-state index contributed by atoms with van der Waals surface area (Å²) in [5.74, 6) is -0.0523. The molecular formula is C16H24N6O4. The first-order valence-electron chi connectivity index (χ1n) is 8.50. The van der Waals surface area contributed by atoms with Crippen molar-refractivity contribution in [1.29, 1.82) is 0 Å². The Morgan fingerprint density at radius 1 is 1.19 bits per heavy atom. The summed E-state index contributed by atoms with van der Waals surface area (Å²) >= 11 is 0. The minimum absolute atomic E-state index is 0.0740. The van der Waals surface area contributed by atoms with E-state index < -0.39 is 17.2 Å². The summed E-state index contributed by atoms with van der Waals surface area (Å²) in [4.78, 5) is 43.0. The van der Waals surface area contributed by atoms with Crippen LogP contribution < -0.4 is 17.0 Å². The lowest BCUT2D eigenvalue weighted by Gasteiger charge is -2.35. The maximum absolute atomic E-state index is 12.6. The smallest absolute Gasteiger partial charge is 0.332 e. The number of nitrogens with zero attached hydrogens (tertiary/aromatic N) is 5. The summed E-state index contributed by atoms with van der Waals surface area (Å²) < 4.78 is 9.57. The van der Waals surface area contributed by atoms with E-state index in [0.717, 1.165) is 4.57 Å². The highest BCUT2D eigenvalue weighted by molar-refractivity contribution is 5.78. The molecule has 0 aliphatic carbocycles. The second-order valence-electron chi connectivity index (χ2n) is 6.91. The highest BCUT2D eigenvalue weighted by Crippen LogP contribution is 2.17. The van der Waals surface area contributed by atoms with Crippen molar-refractivity contribution in [2.45, 2.75) is 39.1 Å². The monoisotopic (exact) mass is 364 g/mol. The third-order valence-corrected chi connectivity index (χ3v) is 4.60. The van der Waals surface area contributed by atoms with Crippen LogP contribution in [0.25, 0.3) is 11.2 Å². The van der Waals surface area contributed by atoms with Crippen molar-refractivity contribution < 1.29 is 9.53 Å².